The van der Waals surface area contributed by atoms with Crippen LogP contribution in [0.3, 0.4) is 0 Å². The lowest BCUT2D eigenvalue weighted by Gasteiger charge is -2.00. The molecule has 0 aliphatic rings. The van der Waals surface area contributed by atoms with Gasteiger partial charge in [0.05, 0.1) is 11.6 Å². The summed E-state index contributed by atoms with van der Waals surface area (Å²) < 4.78 is 4.81. The van der Waals surface area contributed by atoms with Crippen molar-refractivity contribution in [2.45, 2.75) is 6.92 Å². The third kappa shape index (κ3) is 1.87. The molecule has 1 rings (SSSR count). The molecule has 0 amide bonds. The lowest BCUT2D eigenvalue weighted by molar-refractivity contribution is 0.442. The van der Waals surface area contributed by atoms with Crippen molar-refractivity contribution in [3.63, 3.8) is 0 Å². The molecular formula is C10H10O3. The Bertz CT molecular complexity index is 399. The van der Waals surface area contributed by atoms with E-state index in [-0.39, 0.29) is 11.5 Å². The van der Waals surface area contributed by atoms with E-state index in [9.17, 15) is 9.90 Å². The Morgan fingerprint density at radius 2 is 2.31 bits per heavy atom. The number of aromatic hydroxyl groups is 1. The highest BCUT2D eigenvalue weighted by Crippen LogP contribution is 2.21. The zero-order valence-corrected chi connectivity index (χ0v) is 7.28. The van der Waals surface area contributed by atoms with Crippen molar-refractivity contribution in [3.8, 4) is 5.75 Å². The highest BCUT2D eigenvalue weighted by atomic mass is 16.4. The van der Waals surface area contributed by atoms with Crippen molar-refractivity contribution >= 4 is 12.2 Å². The molecule has 0 aliphatic carbocycles. The molecule has 1 aromatic rings. The molecule has 0 bridgehead atoms. The second-order valence-electron chi connectivity index (χ2n) is 2.43. The van der Waals surface area contributed by atoms with Crippen LogP contribution in [0.2, 0.25) is 0 Å². The van der Waals surface area contributed by atoms with E-state index in [0.717, 1.165) is 6.07 Å². The number of hydrogen-bond donors (Lipinski definition) is 1. The van der Waals surface area contributed by atoms with Crippen molar-refractivity contribution in [1.29, 1.82) is 0 Å². The molecule has 13 heavy (non-hydrogen) atoms. The number of rotatable bonds is 2. The zero-order chi connectivity index (χ0) is 9.84. The van der Waals surface area contributed by atoms with Crippen LogP contribution in [0.15, 0.2) is 27.9 Å². The van der Waals surface area contributed by atoms with Crippen molar-refractivity contribution in [2.75, 3.05) is 0 Å². The van der Waals surface area contributed by atoms with E-state index >= 15 is 0 Å². The Morgan fingerprint density at radius 1 is 1.62 bits per heavy atom. The maximum Gasteiger partial charge on any atom is 0.339 e. The monoisotopic (exact) mass is 178 g/mol. The molecule has 3 nitrogen and oxygen atoms in total. The van der Waals surface area contributed by atoms with E-state index < -0.39 is 5.63 Å². The van der Waals surface area contributed by atoms with E-state index in [0.29, 0.717) is 5.56 Å². The summed E-state index contributed by atoms with van der Waals surface area (Å²) in [7, 11) is 0. The second kappa shape index (κ2) is 3.76. The topological polar surface area (TPSA) is 50.4 Å². The van der Waals surface area contributed by atoms with E-state index in [1.807, 2.05) is 0 Å². The normalized spacial score (nSPS) is 10.5. The molecule has 0 aliphatic heterocycles. The highest BCUT2D eigenvalue weighted by molar-refractivity contribution is 5.65. The minimum atomic E-state index is -0.583. The van der Waals surface area contributed by atoms with E-state index in [4.69, 9.17) is 4.42 Å². The van der Waals surface area contributed by atoms with Crippen LogP contribution < -0.4 is 5.63 Å². The highest BCUT2D eigenvalue weighted by Gasteiger charge is 2.05. The number of allylic oxidation sites excluding steroid dienone is 1. The standard InChI is InChI=1S/C10H10O3/c1-3-5-7-8(11)6-10(12)13-9(7)4-2/h3-6,11H,2H2,1H3/b5-3-. The zero-order valence-electron chi connectivity index (χ0n) is 7.28. The summed E-state index contributed by atoms with van der Waals surface area (Å²) in [5, 5.41) is 9.38. The summed E-state index contributed by atoms with van der Waals surface area (Å²) in [6, 6.07) is 1.03. The first-order valence-corrected chi connectivity index (χ1v) is 3.81. The van der Waals surface area contributed by atoms with Gasteiger partial charge in [-0.1, -0.05) is 18.7 Å². The first-order chi connectivity index (χ1) is 6.19. The fraction of sp³-hybridized carbons (Fsp3) is 0.100. The summed E-state index contributed by atoms with van der Waals surface area (Å²) in [5.74, 6) is 0.187. The Balaban J connectivity index is 3.46. The predicted molar refractivity (Wildman–Crippen MR) is 51.4 cm³/mol. The largest absolute Gasteiger partial charge is 0.507 e. The first kappa shape index (κ1) is 9.32. The molecule has 68 valence electrons. The summed E-state index contributed by atoms with van der Waals surface area (Å²) in [5.41, 5.74) is -0.113. The quantitative estimate of drug-likeness (QED) is 0.753. The van der Waals surface area contributed by atoms with Crippen LogP contribution in [-0.4, -0.2) is 5.11 Å². The fourth-order valence-corrected chi connectivity index (χ4v) is 0.994. The van der Waals surface area contributed by atoms with Crippen LogP contribution in [0.25, 0.3) is 12.2 Å². The smallest absolute Gasteiger partial charge is 0.339 e. The summed E-state index contributed by atoms with van der Waals surface area (Å²) in [6.45, 7) is 5.28. The SMILES string of the molecule is C=Cc1oc(=O)cc(O)c1/C=C\C. The van der Waals surface area contributed by atoms with Crippen LogP contribution in [0, 0.1) is 0 Å². The van der Waals surface area contributed by atoms with Gasteiger partial charge < -0.3 is 9.52 Å². The third-order valence-electron chi connectivity index (χ3n) is 1.53. The lowest BCUT2D eigenvalue weighted by atomic mass is 10.2. The van der Waals surface area contributed by atoms with Gasteiger partial charge in [-0.3, -0.25) is 0 Å². The van der Waals surface area contributed by atoms with Gasteiger partial charge >= 0.3 is 5.63 Å². The van der Waals surface area contributed by atoms with Gasteiger partial charge in [-0.15, -0.1) is 0 Å². The Labute approximate surface area is 75.6 Å². The lowest BCUT2D eigenvalue weighted by Crippen LogP contribution is -1.98. The van der Waals surface area contributed by atoms with Gasteiger partial charge in [0.15, 0.2) is 0 Å². The fourth-order valence-electron chi connectivity index (χ4n) is 0.994. The van der Waals surface area contributed by atoms with Crippen molar-refractivity contribution in [3.05, 3.63) is 40.5 Å². The molecule has 0 radical (unpaired) electrons. The van der Waals surface area contributed by atoms with Gasteiger partial charge in [0.1, 0.15) is 11.5 Å². The van der Waals surface area contributed by atoms with E-state index in [2.05, 4.69) is 6.58 Å². The molecule has 0 fully saturated rings. The summed E-state index contributed by atoms with van der Waals surface area (Å²) in [4.78, 5) is 10.8. The summed E-state index contributed by atoms with van der Waals surface area (Å²) in [6.07, 6.45) is 4.77. The van der Waals surface area contributed by atoms with E-state index in [1.165, 1.54) is 6.08 Å². The van der Waals surface area contributed by atoms with Gasteiger partial charge in [0.2, 0.25) is 0 Å². The molecule has 0 aromatic carbocycles. The Morgan fingerprint density at radius 3 is 2.85 bits per heavy atom. The molecule has 1 N–H and O–H groups in total. The molecule has 0 spiro atoms. The van der Waals surface area contributed by atoms with Gasteiger partial charge in [-0.25, -0.2) is 4.79 Å². The van der Waals surface area contributed by atoms with Crippen LogP contribution >= 0.6 is 0 Å². The van der Waals surface area contributed by atoms with Crippen LogP contribution in [0.4, 0.5) is 0 Å². The average molecular weight is 178 g/mol. The van der Waals surface area contributed by atoms with Crippen LogP contribution in [-0.2, 0) is 0 Å². The number of hydrogen-bond acceptors (Lipinski definition) is 3. The predicted octanol–water partition coefficient (Wildman–Crippen LogP) is 2.02. The molecule has 3 heteroatoms. The maximum absolute atomic E-state index is 10.8. The average Bonchev–Trinajstić information content (AvgIpc) is 2.09. The van der Waals surface area contributed by atoms with Crippen molar-refractivity contribution in [1.82, 2.24) is 0 Å². The molecule has 0 atom stereocenters. The Hall–Kier alpha value is -1.77. The first-order valence-electron chi connectivity index (χ1n) is 3.81. The molecule has 1 heterocycles. The van der Waals surface area contributed by atoms with Gasteiger partial charge in [-0.05, 0) is 13.0 Å². The Kier molecular flexibility index (Phi) is 2.69. The minimum Gasteiger partial charge on any atom is -0.507 e. The minimum absolute atomic E-state index is 0.0933. The summed E-state index contributed by atoms with van der Waals surface area (Å²) >= 11 is 0. The molecule has 0 saturated heterocycles. The molecule has 1 aromatic heterocycles. The van der Waals surface area contributed by atoms with Crippen LogP contribution in [0.1, 0.15) is 18.2 Å². The third-order valence-corrected chi connectivity index (χ3v) is 1.53. The van der Waals surface area contributed by atoms with Gasteiger partial charge in [0.25, 0.3) is 0 Å². The maximum atomic E-state index is 10.8. The van der Waals surface area contributed by atoms with Crippen molar-refractivity contribution in [2.24, 2.45) is 0 Å². The van der Waals surface area contributed by atoms with Gasteiger partial charge in [0, 0.05) is 0 Å². The molecule has 0 saturated carbocycles. The molecule has 0 unspecified atom stereocenters. The van der Waals surface area contributed by atoms with Crippen LogP contribution in [0.5, 0.6) is 5.75 Å². The second-order valence-corrected chi connectivity index (χ2v) is 2.43. The van der Waals surface area contributed by atoms with Gasteiger partial charge in [-0.2, -0.15) is 0 Å². The van der Waals surface area contributed by atoms with E-state index in [1.54, 1.807) is 19.1 Å². The van der Waals surface area contributed by atoms with Crippen molar-refractivity contribution < 1.29 is 9.52 Å². The molecular weight excluding hydrogens is 168 g/mol.